The first-order valence-corrected chi connectivity index (χ1v) is 7.05. The van der Waals surface area contributed by atoms with Crippen LogP contribution in [0.5, 0.6) is 0 Å². The Morgan fingerprint density at radius 2 is 1.96 bits per heavy atom. The fraction of sp³-hybridized carbons (Fsp3) is 0.133. The molecule has 0 aliphatic heterocycles. The number of hydrogen-bond donors (Lipinski definition) is 0. The van der Waals surface area contributed by atoms with Gasteiger partial charge < -0.3 is 4.52 Å². The van der Waals surface area contributed by atoms with Crippen molar-refractivity contribution in [3.8, 4) is 11.3 Å². The van der Waals surface area contributed by atoms with Gasteiger partial charge in [0.15, 0.2) is 5.69 Å². The molecule has 1 aromatic carbocycles. The Morgan fingerprint density at radius 1 is 1.25 bits per heavy atom. The number of nitrogens with zero attached hydrogens (tertiary/aromatic N) is 3. The number of halogens is 4. The number of benzene rings is 1. The van der Waals surface area contributed by atoms with E-state index in [1.165, 1.54) is 6.92 Å². The molecule has 9 heteroatoms. The second kappa shape index (κ2) is 5.79. The quantitative estimate of drug-likeness (QED) is 0.691. The zero-order valence-corrected chi connectivity index (χ0v) is 12.9. The lowest BCUT2D eigenvalue weighted by molar-refractivity contribution is -0.141. The summed E-state index contributed by atoms with van der Waals surface area (Å²) in [5.74, 6) is -0.641. The van der Waals surface area contributed by atoms with Crippen LogP contribution in [0.4, 0.5) is 13.2 Å². The maximum absolute atomic E-state index is 12.6. The van der Waals surface area contributed by atoms with Crippen LogP contribution < -0.4 is 0 Å². The number of rotatable bonds is 2. The topological polar surface area (TPSA) is 60.9 Å². The van der Waals surface area contributed by atoms with Gasteiger partial charge >= 0.3 is 6.18 Å². The Labute approximate surface area is 138 Å². The number of alkyl halides is 3. The molecule has 0 fully saturated rings. The van der Waals surface area contributed by atoms with Crippen LogP contribution in [0.1, 0.15) is 21.8 Å². The monoisotopic (exact) mass is 355 g/mol. The van der Waals surface area contributed by atoms with Crippen molar-refractivity contribution in [1.29, 1.82) is 0 Å². The molecule has 0 bridgehead atoms. The largest absolute Gasteiger partial charge is 0.435 e. The third-order valence-corrected chi connectivity index (χ3v) is 3.62. The summed E-state index contributed by atoms with van der Waals surface area (Å²) in [6.07, 6.45) is -3.70. The van der Waals surface area contributed by atoms with Crippen molar-refractivity contribution in [1.82, 2.24) is 14.9 Å². The standard InChI is InChI=1S/C15H9ClF3N3O2/c1-8-12(13(21-24-8)9-4-2-3-5-10(9)16)14(23)22-7-6-11(20-22)15(17,18)19/h2-7H,1H3. The lowest BCUT2D eigenvalue weighted by Gasteiger charge is -2.04. The van der Waals surface area contributed by atoms with E-state index in [-0.39, 0.29) is 17.0 Å². The van der Waals surface area contributed by atoms with E-state index in [9.17, 15) is 18.0 Å². The van der Waals surface area contributed by atoms with Crippen molar-refractivity contribution >= 4 is 17.5 Å². The van der Waals surface area contributed by atoms with Gasteiger partial charge in [0.2, 0.25) is 0 Å². The SMILES string of the molecule is Cc1onc(-c2ccccc2Cl)c1C(=O)n1ccc(C(F)(F)F)n1. The molecule has 0 amide bonds. The minimum Gasteiger partial charge on any atom is -0.360 e. The van der Waals surface area contributed by atoms with Gasteiger partial charge in [0.1, 0.15) is 17.0 Å². The van der Waals surface area contributed by atoms with Gasteiger partial charge in [0.05, 0.1) is 5.02 Å². The first-order valence-electron chi connectivity index (χ1n) is 6.68. The molecule has 0 saturated carbocycles. The number of carbonyl (C=O) groups excluding carboxylic acids is 1. The minimum absolute atomic E-state index is 0.0000699. The van der Waals surface area contributed by atoms with E-state index < -0.39 is 17.8 Å². The number of aryl methyl sites for hydroxylation is 1. The maximum atomic E-state index is 12.6. The van der Waals surface area contributed by atoms with Crippen molar-refractivity contribution in [3.63, 3.8) is 0 Å². The first kappa shape index (κ1) is 16.3. The molecule has 2 heterocycles. The van der Waals surface area contributed by atoms with Crippen LogP contribution in [0.25, 0.3) is 11.3 Å². The maximum Gasteiger partial charge on any atom is 0.435 e. The minimum atomic E-state index is -4.64. The number of aromatic nitrogens is 3. The molecular weight excluding hydrogens is 347 g/mol. The van der Waals surface area contributed by atoms with Gasteiger partial charge in [-0.15, -0.1) is 0 Å². The molecule has 0 saturated heterocycles. The van der Waals surface area contributed by atoms with Crippen LogP contribution in [-0.2, 0) is 6.18 Å². The van der Waals surface area contributed by atoms with E-state index in [0.717, 1.165) is 12.3 Å². The van der Waals surface area contributed by atoms with Crippen LogP contribution in [-0.4, -0.2) is 20.8 Å². The molecule has 3 aromatic rings. The molecule has 0 atom stereocenters. The van der Waals surface area contributed by atoms with E-state index in [2.05, 4.69) is 10.3 Å². The van der Waals surface area contributed by atoms with Gasteiger partial charge in [-0.3, -0.25) is 4.79 Å². The Bertz CT molecular complexity index is 915. The lowest BCUT2D eigenvalue weighted by atomic mass is 10.1. The first-order chi connectivity index (χ1) is 11.3. The van der Waals surface area contributed by atoms with Crippen LogP contribution in [0.2, 0.25) is 5.02 Å². The van der Waals surface area contributed by atoms with E-state index in [0.29, 0.717) is 15.3 Å². The van der Waals surface area contributed by atoms with Gasteiger partial charge in [-0.05, 0) is 19.1 Å². The highest BCUT2D eigenvalue weighted by molar-refractivity contribution is 6.33. The fourth-order valence-electron chi connectivity index (χ4n) is 2.16. The molecular formula is C15H9ClF3N3O2. The smallest absolute Gasteiger partial charge is 0.360 e. The molecule has 3 rings (SSSR count). The average Bonchev–Trinajstić information content (AvgIpc) is 3.14. The molecule has 0 aliphatic carbocycles. The van der Waals surface area contributed by atoms with Crippen molar-refractivity contribution in [2.24, 2.45) is 0 Å². The van der Waals surface area contributed by atoms with Crippen molar-refractivity contribution in [2.45, 2.75) is 13.1 Å². The zero-order valence-electron chi connectivity index (χ0n) is 12.1. The summed E-state index contributed by atoms with van der Waals surface area (Å²) in [6, 6.07) is 7.33. The summed E-state index contributed by atoms with van der Waals surface area (Å²) in [6.45, 7) is 1.48. The average molecular weight is 356 g/mol. The molecule has 2 aromatic heterocycles. The molecule has 0 unspecified atom stereocenters. The lowest BCUT2D eigenvalue weighted by Crippen LogP contribution is -2.16. The summed E-state index contributed by atoms with van der Waals surface area (Å²) in [5, 5.41) is 7.41. The zero-order chi connectivity index (χ0) is 17.5. The Hall–Kier alpha value is -2.61. The highest BCUT2D eigenvalue weighted by Gasteiger charge is 2.35. The third kappa shape index (κ3) is 2.80. The predicted octanol–water partition coefficient (Wildman–Crippen LogP) is 4.21. The van der Waals surface area contributed by atoms with Crippen molar-refractivity contribution < 1.29 is 22.5 Å². The normalized spacial score (nSPS) is 11.7. The highest BCUT2D eigenvalue weighted by Crippen LogP contribution is 2.32. The van der Waals surface area contributed by atoms with Crippen LogP contribution in [0.3, 0.4) is 0 Å². The van der Waals surface area contributed by atoms with E-state index in [1.807, 2.05) is 0 Å². The Kier molecular flexibility index (Phi) is 3.92. The molecule has 0 radical (unpaired) electrons. The predicted molar refractivity (Wildman–Crippen MR) is 78.6 cm³/mol. The molecule has 5 nitrogen and oxygen atoms in total. The summed E-state index contributed by atoms with van der Waals surface area (Å²) in [7, 11) is 0. The van der Waals surface area contributed by atoms with Crippen molar-refractivity contribution in [3.05, 3.63) is 58.6 Å². The summed E-state index contributed by atoms with van der Waals surface area (Å²) >= 11 is 6.09. The highest BCUT2D eigenvalue weighted by atomic mass is 35.5. The van der Waals surface area contributed by atoms with E-state index >= 15 is 0 Å². The number of hydrogen-bond acceptors (Lipinski definition) is 4. The Balaban J connectivity index is 2.07. The molecule has 124 valence electrons. The molecule has 0 N–H and O–H groups in total. The molecule has 0 aliphatic rings. The van der Waals surface area contributed by atoms with Gasteiger partial charge in [0.25, 0.3) is 5.91 Å². The van der Waals surface area contributed by atoms with E-state index in [4.69, 9.17) is 16.1 Å². The van der Waals surface area contributed by atoms with E-state index in [1.54, 1.807) is 24.3 Å². The van der Waals surface area contributed by atoms with Crippen molar-refractivity contribution in [2.75, 3.05) is 0 Å². The van der Waals surface area contributed by atoms with Gasteiger partial charge in [-0.1, -0.05) is 35.0 Å². The van der Waals surface area contributed by atoms with Crippen LogP contribution in [0, 0.1) is 6.92 Å². The summed E-state index contributed by atoms with van der Waals surface area (Å²) in [5.41, 5.74) is -0.584. The summed E-state index contributed by atoms with van der Waals surface area (Å²) < 4.78 is 43.6. The second-order valence-corrected chi connectivity index (χ2v) is 5.30. The number of carbonyl (C=O) groups is 1. The fourth-order valence-corrected chi connectivity index (χ4v) is 2.39. The van der Waals surface area contributed by atoms with Crippen LogP contribution >= 0.6 is 11.6 Å². The molecule has 0 spiro atoms. The van der Waals surface area contributed by atoms with Gasteiger partial charge in [-0.2, -0.15) is 18.3 Å². The Morgan fingerprint density at radius 3 is 2.58 bits per heavy atom. The second-order valence-electron chi connectivity index (χ2n) is 4.89. The molecule has 24 heavy (non-hydrogen) atoms. The summed E-state index contributed by atoms with van der Waals surface area (Å²) in [4.78, 5) is 12.6. The van der Waals surface area contributed by atoms with Gasteiger partial charge in [-0.25, -0.2) is 4.68 Å². The van der Waals surface area contributed by atoms with Gasteiger partial charge in [0, 0.05) is 11.8 Å². The van der Waals surface area contributed by atoms with Crippen LogP contribution in [0.15, 0.2) is 41.1 Å². The third-order valence-electron chi connectivity index (χ3n) is 3.29.